The number of rotatable bonds is 4. The number of hydrogen-bond donors (Lipinski definition) is 2. The minimum Gasteiger partial charge on any atom is -0.481 e. The lowest BCUT2D eigenvalue weighted by molar-refractivity contribution is -0.138. The molecule has 0 aromatic carbocycles. The average molecular weight is 363 g/mol. The van der Waals surface area contributed by atoms with E-state index in [0.717, 1.165) is 32.1 Å². The van der Waals surface area contributed by atoms with E-state index in [1.807, 2.05) is 0 Å². The smallest absolute Gasteiger partial charge is 0.303 e. The van der Waals surface area contributed by atoms with Gasteiger partial charge in [-0.15, -0.1) is 0 Å². The Balaban J connectivity index is 1.47. The van der Waals surface area contributed by atoms with E-state index in [1.165, 1.54) is 19.3 Å². The van der Waals surface area contributed by atoms with Gasteiger partial charge in [0.25, 0.3) is 0 Å². The number of carboxylic acids is 1. The summed E-state index contributed by atoms with van der Waals surface area (Å²) in [6, 6.07) is 0. The Kier molecular flexibility index (Phi) is 5.15. The Morgan fingerprint density at radius 1 is 1.04 bits per heavy atom. The first-order chi connectivity index (χ1) is 12.5. The van der Waals surface area contributed by atoms with Crippen LogP contribution in [0.4, 0.5) is 0 Å². The molecular weight excluding hydrogens is 328 g/mol. The lowest BCUT2D eigenvalue weighted by Crippen LogP contribution is -2.49. The molecule has 2 N–H and O–H groups in total. The third-order valence-corrected chi connectivity index (χ3v) is 8.64. The summed E-state index contributed by atoms with van der Waals surface area (Å²) >= 11 is 0. The third-order valence-electron chi connectivity index (χ3n) is 8.64. The van der Waals surface area contributed by atoms with Crippen LogP contribution in [0.1, 0.15) is 71.1 Å². The highest BCUT2D eigenvalue weighted by Gasteiger charge is 2.55. The number of carbonyl (C=O) groups is 2. The predicted octanol–water partition coefficient (Wildman–Crippen LogP) is 3.91. The van der Waals surface area contributed by atoms with Crippen LogP contribution in [0, 0.1) is 47.3 Å². The molecule has 0 saturated heterocycles. The van der Waals surface area contributed by atoms with Crippen LogP contribution < -0.4 is 0 Å². The molecule has 0 aromatic rings. The number of aliphatic hydroxyl groups excluding tert-OH is 1. The van der Waals surface area contributed by atoms with Crippen LogP contribution in [0.15, 0.2) is 0 Å². The van der Waals surface area contributed by atoms with E-state index in [0.29, 0.717) is 53.6 Å². The van der Waals surface area contributed by atoms with Crippen LogP contribution in [-0.2, 0) is 9.59 Å². The number of carboxylic acid groups (broad SMARTS) is 1. The van der Waals surface area contributed by atoms with Crippen LogP contribution >= 0.6 is 0 Å². The van der Waals surface area contributed by atoms with Gasteiger partial charge in [-0.2, -0.15) is 0 Å². The van der Waals surface area contributed by atoms with Gasteiger partial charge in [-0.1, -0.05) is 6.92 Å². The largest absolute Gasteiger partial charge is 0.481 e. The van der Waals surface area contributed by atoms with Crippen LogP contribution in [0.25, 0.3) is 0 Å². The van der Waals surface area contributed by atoms with E-state index in [1.54, 1.807) is 0 Å². The van der Waals surface area contributed by atoms with Crippen LogP contribution in [0.2, 0.25) is 0 Å². The van der Waals surface area contributed by atoms with Crippen molar-refractivity contribution >= 4 is 11.8 Å². The first kappa shape index (κ1) is 18.5. The first-order valence-electron chi connectivity index (χ1n) is 10.9. The summed E-state index contributed by atoms with van der Waals surface area (Å²) in [5, 5.41) is 19.0. The molecule has 0 radical (unpaired) electrons. The molecule has 4 aliphatic rings. The number of aliphatic carboxylic acids is 1. The second kappa shape index (κ2) is 7.26. The van der Waals surface area contributed by atoms with Gasteiger partial charge in [0.15, 0.2) is 0 Å². The van der Waals surface area contributed by atoms with Crippen molar-refractivity contribution in [2.45, 2.75) is 77.2 Å². The molecule has 0 aliphatic heterocycles. The topological polar surface area (TPSA) is 74.6 Å². The zero-order valence-corrected chi connectivity index (χ0v) is 16.0. The highest BCUT2D eigenvalue weighted by atomic mass is 16.4. The summed E-state index contributed by atoms with van der Waals surface area (Å²) in [5.41, 5.74) is 0. The second-order valence-electron chi connectivity index (χ2n) is 9.81. The summed E-state index contributed by atoms with van der Waals surface area (Å²) < 4.78 is 0. The Bertz CT molecular complexity index is 558. The third kappa shape index (κ3) is 3.23. The number of ketones is 1. The monoisotopic (exact) mass is 362 g/mol. The molecule has 0 aromatic heterocycles. The molecule has 4 heteroatoms. The molecule has 9 atom stereocenters. The number of hydrogen-bond acceptors (Lipinski definition) is 3. The quantitative estimate of drug-likeness (QED) is 0.795. The molecule has 4 saturated carbocycles. The fourth-order valence-electron chi connectivity index (χ4n) is 7.52. The molecule has 146 valence electrons. The molecule has 9 unspecified atom stereocenters. The Morgan fingerprint density at radius 3 is 2.54 bits per heavy atom. The Hall–Kier alpha value is -0.900. The van der Waals surface area contributed by atoms with Gasteiger partial charge in [-0.05, 0) is 92.8 Å². The predicted molar refractivity (Wildman–Crippen MR) is 98.4 cm³/mol. The fourth-order valence-corrected chi connectivity index (χ4v) is 7.52. The van der Waals surface area contributed by atoms with Gasteiger partial charge < -0.3 is 10.2 Å². The Morgan fingerprint density at radius 2 is 1.77 bits per heavy atom. The molecular formula is C22H34O4. The minimum absolute atomic E-state index is 0.120. The van der Waals surface area contributed by atoms with Crippen molar-refractivity contribution in [3.8, 4) is 0 Å². The van der Waals surface area contributed by atoms with Gasteiger partial charge in [0, 0.05) is 18.8 Å². The summed E-state index contributed by atoms with van der Waals surface area (Å²) in [4.78, 5) is 24.1. The first-order valence-corrected chi connectivity index (χ1v) is 10.9. The van der Waals surface area contributed by atoms with E-state index in [-0.39, 0.29) is 18.4 Å². The number of aliphatic hydroxyl groups is 1. The average Bonchev–Trinajstić information content (AvgIpc) is 3.05. The molecule has 4 nitrogen and oxygen atoms in total. The molecule has 4 rings (SSSR count). The highest BCUT2D eigenvalue weighted by molar-refractivity contribution is 5.83. The molecule has 0 spiro atoms. The maximum absolute atomic E-state index is 13.2. The van der Waals surface area contributed by atoms with Crippen molar-refractivity contribution in [3.05, 3.63) is 0 Å². The zero-order valence-electron chi connectivity index (χ0n) is 16.0. The molecule has 26 heavy (non-hydrogen) atoms. The van der Waals surface area contributed by atoms with Gasteiger partial charge in [0.05, 0.1) is 6.10 Å². The van der Waals surface area contributed by atoms with Crippen LogP contribution in [-0.4, -0.2) is 28.1 Å². The number of carbonyl (C=O) groups excluding carboxylic acids is 1. The van der Waals surface area contributed by atoms with Crippen LogP contribution in [0.5, 0.6) is 0 Å². The van der Waals surface area contributed by atoms with Gasteiger partial charge in [0.1, 0.15) is 5.78 Å². The van der Waals surface area contributed by atoms with Crippen molar-refractivity contribution in [2.24, 2.45) is 47.3 Å². The summed E-state index contributed by atoms with van der Waals surface area (Å²) in [5.74, 6) is 3.79. The van der Waals surface area contributed by atoms with E-state index in [9.17, 15) is 14.7 Å². The summed E-state index contributed by atoms with van der Waals surface area (Å²) in [7, 11) is 0. The van der Waals surface area contributed by atoms with E-state index < -0.39 is 5.97 Å². The van der Waals surface area contributed by atoms with E-state index in [4.69, 9.17) is 5.11 Å². The van der Waals surface area contributed by atoms with Gasteiger partial charge in [0.2, 0.25) is 0 Å². The molecule has 4 fully saturated rings. The van der Waals surface area contributed by atoms with Crippen molar-refractivity contribution < 1.29 is 19.8 Å². The van der Waals surface area contributed by atoms with Gasteiger partial charge in [-0.25, -0.2) is 0 Å². The molecule has 0 bridgehead atoms. The van der Waals surface area contributed by atoms with Crippen molar-refractivity contribution in [1.29, 1.82) is 0 Å². The number of Topliss-reactive ketones (excluding diaryl/α,β-unsaturated/α-hetero) is 1. The lowest BCUT2D eigenvalue weighted by atomic mass is 9.52. The van der Waals surface area contributed by atoms with Crippen molar-refractivity contribution in [1.82, 2.24) is 0 Å². The lowest BCUT2D eigenvalue weighted by Gasteiger charge is -2.52. The SMILES string of the molecule is CC(CCC(=O)O)C1CCC2C3CCC4CC(O)CCC4C3CC(=O)C12. The maximum Gasteiger partial charge on any atom is 0.303 e. The molecule has 0 heterocycles. The second-order valence-corrected chi connectivity index (χ2v) is 9.81. The van der Waals surface area contributed by atoms with Crippen molar-refractivity contribution in [3.63, 3.8) is 0 Å². The summed E-state index contributed by atoms with van der Waals surface area (Å²) in [6.45, 7) is 2.16. The zero-order chi connectivity index (χ0) is 18.4. The Labute approximate surface area is 156 Å². The number of fused-ring (bicyclic) bond motifs is 5. The molecule has 4 aliphatic carbocycles. The fraction of sp³-hybridized carbons (Fsp3) is 0.909. The normalized spacial score (nSPS) is 46.2. The van der Waals surface area contributed by atoms with Gasteiger partial charge in [-0.3, -0.25) is 9.59 Å². The molecule has 0 amide bonds. The minimum atomic E-state index is -0.723. The van der Waals surface area contributed by atoms with Crippen LogP contribution in [0.3, 0.4) is 0 Å². The van der Waals surface area contributed by atoms with Crippen molar-refractivity contribution in [2.75, 3.05) is 0 Å². The van der Waals surface area contributed by atoms with Gasteiger partial charge >= 0.3 is 5.97 Å². The summed E-state index contributed by atoms with van der Waals surface area (Å²) in [6.07, 6.45) is 9.29. The maximum atomic E-state index is 13.2. The van der Waals surface area contributed by atoms with E-state index in [2.05, 4.69) is 6.92 Å². The highest BCUT2D eigenvalue weighted by Crippen LogP contribution is 2.59. The van der Waals surface area contributed by atoms with E-state index >= 15 is 0 Å². The standard InChI is InChI=1S/C22H34O4/c1-12(2-9-21(25)26)15-7-8-18-17-5-3-13-10-14(23)4-6-16(13)19(17)11-20(24)22(15)18/h12-19,22-23H,2-11H2,1H3,(H,25,26).